The van der Waals surface area contributed by atoms with Gasteiger partial charge in [-0.05, 0) is 19.1 Å². The Hall–Kier alpha value is -2.60. The first-order valence-corrected chi connectivity index (χ1v) is 8.22. The van der Waals surface area contributed by atoms with Gasteiger partial charge in [0.05, 0.1) is 18.9 Å². The minimum absolute atomic E-state index is 0.731. The minimum Gasteiger partial charge on any atom is -0.388 e. The summed E-state index contributed by atoms with van der Waals surface area (Å²) in [5, 5.41) is 3.15. The van der Waals surface area contributed by atoms with Crippen molar-refractivity contribution >= 4 is 17.2 Å². The van der Waals surface area contributed by atoms with Gasteiger partial charge in [0.25, 0.3) is 0 Å². The molecule has 6 nitrogen and oxygen atoms in total. The van der Waals surface area contributed by atoms with Gasteiger partial charge in [-0.2, -0.15) is 0 Å². The molecule has 1 N–H and O–H groups in total. The van der Waals surface area contributed by atoms with E-state index in [0.717, 1.165) is 60.4 Å². The predicted octanol–water partition coefficient (Wildman–Crippen LogP) is 2.58. The molecule has 1 aliphatic rings. The third-order valence-electron chi connectivity index (χ3n) is 4.44. The highest BCUT2D eigenvalue weighted by molar-refractivity contribution is 5.71. The van der Waals surface area contributed by atoms with Crippen LogP contribution in [0, 0.1) is 6.92 Å². The van der Waals surface area contributed by atoms with Crippen LogP contribution < -0.4 is 10.2 Å². The molecular formula is C18H21N5O. The number of hydrogen-bond acceptors (Lipinski definition) is 5. The highest BCUT2D eigenvalue weighted by Crippen LogP contribution is 2.27. The number of nitrogens with zero attached hydrogens (tertiary/aromatic N) is 4. The normalized spacial score (nSPS) is 15.0. The van der Waals surface area contributed by atoms with Gasteiger partial charge in [0.15, 0.2) is 11.5 Å². The molecule has 3 heterocycles. The van der Waals surface area contributed by atoms with Gasteiger partial charge in [-0.15, -0.1) is 0 Å². The average molecular weight is 323 g/mol. The fourth-order valence-corrected chi connectivity index (χ4v) is 3.02. The summed E-state index contributed by atoms with van der Waals surface area (Å²) in [6.07, 6.45) is 3.96. The summed E-state index contributed by atoms with van der Waals surface area (Å²) >= 11 is 0. The van der Waals surface area contributed by atoms with Crippen LogP contribution in [0.25, 0.3) is 16.9 Å². The lowest BCUT2D eigenvalue weighted by atomic mass is 10.1. The van der Waals surface area contributed by atoms with Gasteiger partial charge >= 0.3 is 0 Å². The number of aryl methyl sites for hydroxylation is 1. The first kappa shape index (κ1) is 15.0. The number of ether oxygens (including phenoxy) is 1. The molecule has 1 aromatic carbocycles. The second-order valence-electron chi connectivity index (χ2n) is 5.97. The van der Waals surface area contributed by atoms with E-state index in [1.165, 1.54) is 0 Å². The third-order valence-corrected chi connectivity index (χ3v) is 4.44. The first-order chi connectivity index (χ1) is 11.8. The largest absolute Gasteiger partial charge is 0.388 e. The number of hydrogen-bond donors (Lipinski definition) is 1. The molecule has 0 unspecified atom stereocenters. The second kappa shape index (κ2) is 6.13. The number of benzene rings is 1. The van der Waals surface area contributed by atoms with Crippen molar-refractivity contribution in [3.63, 3.8) is 0 Å². The summed E-state index contributed by atoms with van der Waals surface area (Å²) in [7, 11) is 1.92. The molecule has 0 amide bonds. The maximum atomic E-state index is 5.48. The zero-order valence-corrected chi connectivity index (χ0v) is 14.0. The van der Waals surface area contributed by atoms with Crippen molar-refractivity contribution in [1.29, 1.82) is 0 Å². The Bertz CT molecular complexity index is 850. The van der Waals surface area contributed by atoms with Crippen LogP contribution in [-0.4, -0.2) is 47.7 Å². The molecule has 0 spiro atoms. The Labute approximate surface area is 141 Å². The van der Waals surface area contributed by atoms with Crippen LogP contribution >= 0.6 is 0 Å². The van der Waals surface area contributed by atoms with Gasteiger partial charge in [0, 0.05) is 49.5 Å². The number of aromatic nitrogens is 3. The Morgan fingerprint density at radius 2 is 1.88 bits per heavy atom. The first-order valence-electron chi connectivity index (χ1n) is 8.22. The standard InChI is InChI=1S/C18H21N5O/c1-13-11-20-17-18(22-7-9-24-10-8-22)21-16(12-23(13)17)14-3-5-15(19-2)6-4-14/h3-6,11-12,19H,7-10H2,1-2H3. The minimum atomic E-state index is 0.731. The van der Waals surface area contributed by atoms with Crippen LogP contribution in [0.3, 0.4) is 0 Å². The lowest BCUT2D eigenvalue weighted by Gasteiger charge is -2.28. The van der Waals surface area contributed by atoms with E-state index in [0.29, 0.717) is 0 Å². The van der Waals surface area contributed by atoms with Gasteiger partial charge in [-0.3, -0.25) is 4.40 Å². The lowest BCUT2D eigenvalue weighted by molar-refractivity contribution is 0.122. The SMILES string of the molecule is CNc1ccc(-c2cn3c(C)cnc3c(N3CCOCC3)n2)cc1. The Morgan fingerprint density at radius 1 is 1.12 bits per heavy atom. The van der Waals surface area contributed by atoms with Crippen molar-refractivity contribution in [3.8, 4) is 11.3 Å². The molecule has 0 saturated carbocycles. The molecule has 1 aliphatic heterocycles. The van der Waals surface area contributed by atoms with E-state index in [9.17, 15) is 0 Å². The molecule has 0 atom stereocenters. The summed E-state index contributed by atoms with van der Waals surface area (Å²) in [5.74, 6) is 0.932. The van der Waals surface area contributed by atoms with E-state index in [1.807, 2.05) is 13.2 Å². The van der Waals surface area contributed by atoms with Gasteiger partial charge in [0.1, 0.15) is 0 Å². The molecule has 0 radical (unpaired) electrons. The van der Waals surface area contributed by atoms with Crippen LogP contribution in [0.15, 0.2) is 36.7 Å². The van der Waals surface area contributed by atoms with Crippen LogP contribution in [0.1, 0.15) is 5.69 Å². The molecule has 1 saturated heterocycles. The highest BCUT2D eigenvalue weighted by Gasteiger charge is 2.19. The fourth-order valence-electron chi connectivity index (χ4n) is 3.02. The summed E-state index contributed by atoms with van der Waals surface area (Å²) in [5.41, 5.74) is 5.15. The van der Waals surface area contributed by atoms with Gasteiger partial charge < -0.3 is 15.0 Å². The van der Waals surface area contributed by atoms with Crippen molar-refractivity contribution in [1.82, 2.24) is 14.4 Å². The maximum absolute atomic E-state index is 5.48. The quantitative estimate of drug-likeness (QED) is 0.803. The molecule has 0 bridgehead atoms. The van der Waals surface area contributed by atoms with Crippen LogP contribution in [0.4, 0.5) is 11.5 Å². The van der Waals surface area contributed by atoms with Gasteiger partial charge in [-0.25, -0.2) is 9.97 Å². The van der Waals surface area contributed by atoms with Crippen LogP contribution in [0.5, 0.6) is 0 Å². The van der Waals surface area contributed by atoms with Crippen LogP contribution in [-0.2, 0) is 4.74 Å². The second-order valence-corrected chi connectivity index (χ2v) is 5.97. The van der Waals surface area contributed by atoms with Crippen molar-refractivity contribution < 1.29 is 4.74 Å². The predicted molar refractivity (Wildman–Crippen MR) is 95.7 cm³/mol. The molecule has 3 aromatic rings. The topological polar surface area (TPSA) is 54.7 Å². The highest BCUT2D eigenvalue weighted by atomic mass is 16.5. The van der Waals surface area contributed by atoms with Gasteiger partial charge in [-0.1, -0.05) is 12.1 Å². The number of fused-ring (bicyclic) bond motifs is 1. The van der Waals surface area contributed by atoms with E-state index in [4.69, 9.17) is 9.72 Å². The molecule has 2 aromatic heterocycles. The summed E-state index contributed by atoms with van der Waals surface area (Å²) in [4.78, 5) is 11.8. The van der Waals surface area contributed by atoms with E-state index >= 15 is 0 Å². The number of rotatable bonds is 3. The summed E-state index contributed by atoms with van der Waals surface area (Å²) in [6.45, 7) is 5.22. The zero-order chi connectivity index (χ0) is 16.5. The molecular weight excluding hydrogens is 302 g/mol. The summed E-state index contributed by atoms with van der Waals surface area (Å²) < 4.78 is 7.60. The molecule has 1 fully saturated rings. The fraction of sp³-hybridized carbons (Fsp3) is 0.333. The number of anilines is 2. The zero-order valence-electron chi connectivity index (χ0n) is 14.0. The molecule has 24 heavy (non-hydrogen) atoms. The molecule has 0 aliphatic carbocycles. The van der Waals surface area contributed by atoms with E-state index in [2.05, 4.69) is 57.0 Å². The molecule has 124 valence electrons. The average Bonchev–Trinajstić information content (AvgIpc) is 3.03. The Morgan fingerprint density at radius 3 is 2.58 bits per heavy atom. The Kier molecular flexibility index (Phi) is 3.82. The summed E-state index contributed by atoms with van der Waals surface area (Å²) in [6, 6.07) is 8.32. The van der Waals surface area contributed by atoms with E-state index < -0.39 is 0 Å². The molecule has 4 rings (SSSR count). The third kappa shape index (κ3) is 2.59. The van der Waals surface area contributed by atoms with Crippen molar-refractivity contribution in [2.45, 2.75) is 6.92 Å². The molecule has 6 heteroatoms. The number of imidazole rings is 1. The van der Waals surface area contributed by atoms with Gasteiger partial charge in [0.2, 0.25) is 0 Å². The monoisotopic (exact) mass is 323 g/mol. The van der Waals surface area contributed by atoms with E-state index in [-0.39, 0.29) is 0 Å². The van der Waals surface area contributed by atoms with E-state index in [1.54, 1.807) is 0 Å². The Balaban J connectivity index is 1.84. The maximum Gasteiger partial charge on any atom is 0.180 e. The number of nitrogens with one attached hydrogen (secondary N) is 1. The number of morpholine rings is 1. The van der Waals surface area contributed by atoms with Crippen molar-refractivity contribution in [2.75, 3.05) is 43.6 Å². The van der Waals surface area contributed by atoms with Crippen molar-refractivity contribution in [2.24, 2.45) is 0 Å². The lowest BCUT2D eigenvalue weighted by Crippen LogP contribution is -2.37. The smallest absolute Gasteiger partial charge is 0.180 e. The van der Waals surface area contributed by atoms with Crippen LogP contribution in [0.2, 0.25) is 0 Å². The van der Waals surface area contributed by atoms with Crippen molar-refractivity contribution in [3.05, 3.63) is 42.4 Å².